The number of H-pyrrole nitrogens is 1. The largest absolute Gasteiger partial charge is 0.315 e. The van der Waals surface area contributed by atoms with Crippen LogP contribution < -0.4 is 15.4 Å². The van der Waals surface area contributed by atoms with Crippen LogP contribution >= 0.6 is 12.2 Å². The fourth-order valence-electron chi connectivity index (χ4n) is 2.31. The van der Waals surface area contributed by atoms with Crippen LogP contribution in [0, 0.1) is 6.92 Å². The highest BCUT2D eigenvalue weighted by molar-refractivity contribution is 7.91. The van der Waals surface area contributed by atoms with Crippen LogP contribution in [0.1, 0.15) is 11.1 Å². The third-order valence-corrected chi connectivity index (χ3v) is 5.39. The summed E-state index contributed by atoms with van der Waals surface area (Å²) in [5.41, 5.74) is 4.57. The molecule has 0 saturated heterocycles. The molecule has 0 aliphatic rings. The Morgan fingerprint density at radius 1 is 1.18 bits per heavy atom. The Morgan fingerprint density at radius 2 is 1.89 bits per heavy atom. The highest BCUT2D eigenvalue weighted by Gasteiger charge is 2.15. The molecular formula is C18H19N6O2S2+. The van der Waals surface area contributed by atoms with Crippen molar-refractivity contribution in [3.63, 3.8) is 0 Å². The summed E-state index contributed by atoms with van der Waals surface area (Å²) in [6.07, 6.45) is 3.06. The number of aryl methyl sites for hydroxylation is 1. The summed E-state index contributed by atoms with van der Waals surface area (Å²) in [5, 5.41) is 9.63. The third kappa shape index (κ3) is 5.21. The number of nitrogens with one attached hydrogen (secondary N) is 3. The summed E-state index contributed by atoms with van der Waals surface area (Å²) in [6.45, 7) is 1.90. The average molecular weight is 416 g/mol. The fraction of sp³-hybridized carbons (Fsp3) is 0.111. The van der Waals surface area contributed by atoms with E-state index in [9.17, 15) is 8.42 Å². The van der Waals surface area contributed by atoms with Gasteiger partial charge >= 0.3 is 0 Å². The number of amidine groups is 1. The minimum atomic E-state index is -3.58. The Kier molecular flexibility index (Phi) is 6.12. The van der Waals surface area contributed by atoms with Gasteiger partial charge in [0.2, 0.25) is 11.4 Å². The van der Waals surface area contributed by atoms with Crippen LogP contribution in [0.15, 0.2) is 77.1 Å². The van der Waals surface area contributed by atoms with E-state index in [1.165, 1.54) is 11.0 Å². The number of hydrogen-bond acceptors (Lipinski definition) is 5. The zero-order valence-corrected chi connectivity index (χ0v) is 16.7. The molecule has 0 fully saturated rings. The average Bonchev–Trinajstić information content (AvgIpc) is 3.19. The van der Waals surface area contributed by atoms with E-state index in [1.807, 2.05) is 37.3 Å². The van der Waals surface area contributed by atoms with Crippen molar-refractivity contribution in [3.8, 4) is 0 Å². The maximum atomic E-state index is 12.6. The Morgan fingerprint density at radius 3 is 2.54 bits per heavy atom. The zero-order valence-electron chi connectivity index (χ0n) is 15.0. The van der Waals surface area contributed by atoms with Crippen LogP contribution in [0.5, 0.6) is 0 Å². The lowest BCUT2D eigenvalue weighted by Gasteiger charge is -2.11. The van der Waals surface area contributed by atoms with Gasteiger partial charge in [-0.3, -0.25) is 4.99 Å². The molecule has 144 valence electrons. The maximum Gasteiger partial charge on any atom is 0.286 e. The minimum absolute atomic E-state index is 0.226. The SMILES string of the molecule is Cc1ccc(S(=O)(=O)CN=C(NC(=S)N[n+]2cn[nH]c2)c2ccccc2)cc1. The van der Waals surface area contributed by atoms with E-state index in [-0.39, 0.29) is 10.0 Å². The molecule has 8 nitrogen and oxygen atoms in total. The molecule has 0 radical (unpaired) electrons. The van der Waals surface area contributed by atoms with Gasteiger partial charge in [0.15, 0.2) is 9.84 Å². The van der Waals surface area contributed by atoms with E-state index in [1.54, 1.807) is 30.6 Å². The molecular weight excluding hydrogens is 396 g/mol. The molecule has 0 aliphatic heterocycles. The highest BCUT2D eigenvalue weighted by atomic mass is 32.2. The minimum Gasteiger partial charge on any atom is -0.315 e. The molecule has 0 bridgehead atoms. The Hall–Kier alpha value is -3.11. The summed E-state index contributed by atoms with van der Waals surface area (Å²) in [5.74, 6) is -0.0627. The van der Waals surface area contributed by atoms with Gasteiger partial charge in [-0.1, -0.05) is 48.0 Å². The van der Waals surface area contributed by atoms with Gasteiger partial charge in [-0.05, 0) is 31.3 Å². The molecule has 2 aromatic carbocycles. The van der Waals surface area contributed by atoms with Gasteiger partial charge in [0.05, 0.1) is 4.90 Å². The predicted molar refractivity (Wildman–Crippen MR) is 110 cm³/mol. The maximum absolute atomic E-state index is 12.6. The first kappa shape index (κ1) is 19.6. The topological polar surface area (TPSA) is 103 Å². The fourth-order valence-corrected chi connectivity index (χ4v) is 3.51. The molecule has 0 spiro atoms. The van der Waals surface area contributed by atoms with Crippen LogP contribution in [-0.2, 0) is 9.84 Å². The Labute approximate surface area is 168 Å². The lowest BCUT2D eigenvalue weighted by Crippen LogP contribution is -2.52. The predicted octanol–water partition coefficient (Wildman–Crippen LogP) is 1.30. The lowest BCUT2D eigenvalue weighted by molar-refractivity contribution is -0.640. The lowest BCUT2D eigenvalue weighted by atomic mass is 10.2. The normalized spacial score (nSPS) is 11.8. The molecule has 0 aliphatic carbocycles. The summed E-state index contributed by atoms with van der Waals surface area (Å²) in [6, 6.07) is 15.8. The van der Waals surface area contributed by atoms with Crippen LogP contribution in [-0.4, -0.2) is 35.4 Å². The van der Waals surface area contributed by atoms with Gasteiger partial charge in [0, 0.05) is 10.7 Å². The standard InChI is InChI=1S/C18H18N6O2S2/c1-14-7-9-16(10-8-14)28(25,26)13-19-17(15-5-3-2-4-6-15)22-18(27)23-24-11-20-21-12-24/h2-12H,13H2,1H3,(H2,19,22,23,27)/p+1. The monoisotopic (exact) mass is 415 g/mol. The molecule has 3 rings (SSSR count). The van der Waals surface area contributed by atoms with E-state index in [0.717, 1.165) is 5.56 Å². The molecule has 1 aromatic heterocycles. The summed E-state index contributed by atoms with van der Waals surface area (Å²) >= 11 is 5.28. The van der Waals surface area contributed by atoms with Gasteiger partial charge in [0.25, 0.3) is 6.33 Å². The van der Waals surface area contributed by atoms with E-state index in [0.29, 0.717) is 11.4 Å². The first-order valence-electron chi connectivity index (χ1n) is 8.31. The smallest absolute Gasteiger partial charge is 0.286 e. The number of thiocarbonyl (C=S) groups is 1. The van der Waals surface area contributed by atoms with Gasteiger partial charge in [-0.25, -0.2) is 13.8 Å². The third-order valence-electron chi connectivity index (χ3n) is 3.74. The van der Waals surface area contributed by atoms with Crippen molar-refractivity contribution in [1.29, 1.82) is 0 Å². The van der Waals surface area contributed by atoms with Crippen molar-refractivity contribution < 1.29 is 13.1 Å². The molecule has 0 atom stereocenters. The molecule has 10 heteroatoms. The number of hydrogen-bond donors (Lipinski definition) is 3. The second-order valence-electron chi connectivity index (χ2n) is 5.91. The molecule has 0 unspecified atom stereocenters. The molecule has 3 aromatic rings. The van der Waals surface area contributed by atoms with Crippen LogP contribution in [0.25, 0.3) is 0 Å². The number of aliphatic imine (C=N–C) groups is 1. The number of rotatable bonds is 5. The van der Waals surface area contributed by atoms with Crippen molar-refractivity contribution in [2.24, 2.45) is 4.99 Å². The van der Waals surface area contributed by atoms with Gasteiger partial charge < -0.3 is 5.32 Å². The van der Waals surface area contributed by atoms with E-state index in [4.69, 9.17) is 12.2 Å². The first-order chi connectivity index (χ1) is 13.4. The quantitative estimate of drug-likeness (QED) is 0.251. The van der Waals surface area contributed by atoms with Crippen molar-refractivity contribution in [2.45, 2.75) is 11.8 Å². The number of sulfone groups is 1. The van der Waals surface area contributed by atoms with E-state index < -0.39 is 15.7 Å². The zero-order chi connectivity index (χ0) is 20.0. The number of aromatic amines is 1. The van der Waals surface area contributed by atoms with Crippen molar-refractivity contribution in [1.82, 2.24) is 15.5 Å². The van der Waals surface area contributed by atoms with Gasteiger partial charge in [-0.15, -0.1) is 9.77 Å². The Bertz CT molecular complexity index is 1060. The number of benzene rings is 2. The van der Waals surface area contributed by atoms with Crippen LogP contribution in [0.2, 0.25) is 0 Å². The van der Waals surface area contributed by atoms with E-state index in [2.05, 4.69) is 25.9 Å². The van der Waals surface area contributed by atoms with Crippen LogP contribution in [0.3, 0.4) is 0 Å². The van der Waals surface area contributed by atoms with E-state index >= 15 is 0 Å². The van der Waals surface area contributed by atoms with Crippen molar-refractivity contribution in [3.05, 3.63) is 78.4 Å². The highest BCUT2D eigenvalue weighted by Crippen LogP contribution is 2.13. The molecule has 1 heterocycles. The van der Waals surface area contributed by atoms with Gasteiger partial charge in [-0.2, -0.15) is 0 Å². The Balaban J connectivity index is 1.82. The molecule has 0 amide bonds. The van der Waals surface area contributed by atoms with Crippen molar-refractivity contribution >= 4 is 33.0 Å². The summed E-state index contributed by atoms with van der Waals surface area (Å²) < 4.78 is 26.8. The first-order valence-corrected chi connectivity index (χ1v) is 10.4. The molecule has 3 N–H and O–H groups in total. The van der Waals surface area contributed by atoms with Crippen LogP contribution in [0.4, 0.5) is 0 Å². The van der Waals surface area contributed by atoms with Crippen molar-refractivity contribution in [2.75, 3.05) is 11.3 Å². The number of aromatic nitrogens is 3. The molecule has 28 heavy (non-hydrogen) atoms. The summed E-state index contributed by atoms with van der Waals surface area (Å²) in [7, 11) is -3.58. The number of nitrogens with zero attached hydrogens (tertiary/aromatic N) is 3. The summed E-state index contributed by atoms with van der Waals surface area (Å²) in [4.78, 5) is 4.52. The van der Waals surface area contributed by atoms with Gasteiger partial charge in [0.1, 0.15) is 11.7 Å². The second kappa shape index (κ2) is 8.72. The molecule has 0 saturated carbocycles. The second-order valence-corrected chi connectivity index (χ2v) is 8.27.